The first kappa shape index (κ1) is 8.96. The minimum absolute atomic E-state index is 0.103. The van der Waals surface area contributed by atoms with E-state index in [1.54, 1.807) is 0 Å². The molecule has 78 valence electrons. The van der Waals surface area contributed by atoms with Crippen LogP contribution in [0.1, 0.15) is 35.2 Å². The Hall–Kier alpha value is -1.31. The predicted molar refractivity (Wildman–Crippen MR) is 58.7 cm³/mol. The average molecular weight is 201 g/mol. The second kappa shape index (κ2) is 2.84. The van der Waals surface area contributed by atoms with Gasteiger partial charge in [-0.15, -0.1) is 0 Å². The van der Waals surface area contributed by atoms with Crippen LogP contribution in [-0.2, 0) is 0 Å². The largest absolute Gasteiger partial charge is 0.347 e. The van der Waals surface area contributed by atoms with Crippen molar-refractivity contribution in [2.45, 2.75) is 31.7 Å². The van der Waals surface area contributed by atoms with Crippen LogP contribution in [0, 0.1) is 12.8 Å². The van der Waals surface area contributed by atoms with Gasteiger partial charge in [0.1, 0.15) is 0 Å². The van der Waals surface area contributed by atoms with Crippen molar-refractivity contribution < 1.29 is 4.79 Å². The third kappa shape index (κ3) is 1.28. The zero-order valence-electron chi connectivity index (χ0n) is 8.92. The summed E-state index contributed by atoms with van der Waals surface area (Å²) in [6, 6.07) is 7.77. The van der Waals surface area contributed by atoms with Gasteiger partial charge in [-0.3, -0.25) is 4.79 Å². The Morgan fingerprint density at radius 3 is 2.53 bits per heavy atom. The molecule has 2 bridgehead atoms. The fraction of sp³-hybridized carbons (Fsp3) is 0.462. The molecule has 2 nitrogen and oxygen atoms in total. The second-order valence-corrected chi connectivity index (χ2v) is 5.03. The van der Waals surface area contributed by atoms with Gasteiger partial charge >= 0.3 is 0 Å². The summed E-state index contributed by atoms with van der Waals surface area (Å²) in [5, 5.41) is 3.18. The molecule has 2 heteroatoms. The molecule has 1 amide bonds. The first-order valence-electron chi connectivity index (χ1n) is 5.57. The maximum atomic E-state index is 12.0. The summed E-state index contributed by atoms with van der Waals surface area (Å²) < 4.78 is 0. The number of benzene rings is 1. The number of carbonyl (C=O) groups is 1. The van der Waals surface area contributed by atoms with E-state index in [0.29, 0.717) is 0 Å². The van der Waals surface area contributed by atoms with Crippen molar-refractivity contribution in [3.05, 3.63) is 35.4 Å². The van der Waals surface area contributed by atoms with E-state index in [0.717, 1.165) is 17.0 Å². The van der Waals surface area contributed by atoms with Crippen molar-refractivity contribution in [2.24, 2.45) is 5.92 Å². The van der Waals surface area contributed by atoms with Gasteiger partial charge in [-0.05, 0) is 43.7 Å². The van der Waals surface area contributed by atoms with Crippen LogP contribution in [0.25, 0.3) is 0 Å². The predicted octanol–water partition coefficient (Wildman–Crippen LogP) is 2.28. The van der Waals surface area contributed by atoms with E-state index in [1.807, 2.05) is 31.2 Å². The summed E-state index contributed by atoms with van der Waals surface area (Å²) in [4.78, 5) is 12.0. The van der Waals surface area contributed by atoms with Crippen LogP contribution in [0.15, 0.2) is 24.3 Å². The summed E-state index contributed by atoms with van der Waals surface area (Å²) in [5.74, 6) is 1.01. The highest BCUT2D eigenvalue weighted by atomic mass is 16.1. The van der Waals surface area contributed by atoms with Gasteiger partial charge in [-0.25, -0.2) is 0 Å². The van der Waals surface area contributed by atoms with Gasteiger partial charge < -0.3 is 5.32 Å². The van der Waals surface area contributed by atoms with Gasteiger partial charge in [0.15, 0.2) is 0 Å². The molecule has 0 atom stereocenters. The fourth-order valence-corrected chi connectivity index (χ4v) is 2.77. The molecule has 3 saturated carbocycles. The maximum Gasteiger partial charge on any atom is 0.251 e. The van der Waals surface area contributed by atoms with E-state index in [4.69, 9.17) is 0 Å². The van der Waals surface area contributed by atoms with Crippen LogP contribution in [-0.4, -0.2) is 11.4 Å². The molecule has 1 aromatic rings. The highest BCUT2D eigenvalue weighted by molar-refractivity contribution is 5.96. The van der Waals surface area contributed by atoms with Crippen LogP contribution in [0.5, 0.6) is 0 Å². The van der Waals surface area contributed by atoms with E-state index in [1.165, 1.54) is 19.3 Å². The Balaban J connectivity index is 1.77. The van der Waals surface area contributed by atoms with Gasteiger partial charge in [-0.1, -0.05) is 18.2 Å². The lowest BCUT2D eigenvalue weighted by Crippen LogP contribution is -2.68. The molecule has 0 unspecified atom stereocenters. The molecule has 0 heterocycles. The monoisotopic (exact) mass is 201 g/mol. The minimum atomic E-state index is 0.103. The van der Waals surface area contributed by atoms with Crippen LogP contribution in [0.3, 0.4) is 0 Å². The number of nitrogens with one attached hydrogen (secondary N) is 1. The highest BCUT2D eigenvalue weighted by Gasteiger charge is 2.57. The Bertz CT molecular complexity index is 407. The highest BCUT2D eigenvalue weighted by Crippen LogP contribution is 2.56. The molecule has 0 aromatic heterocycles. The number of carbonyl (C=O) groups excluding carboxylic acids is 1. The van der Waals surface area contributed by atoms with E-state index >= 15 is 0 Å². The topological polar surface area (TPSA) is 29.1 Å². The number of hydrogen-bond donors (Lipinski definition) is 1. The Morgan fingerprint density at radius 1 is 1.33 bits per heavy atom. The molecule has 0 spiro atoms. The van der Waals surface area contributed by atoms with Crippen molar-refractivity contribution >= 4 is 5.91 Å². The molecular formula is C13H15NO. The SMILES string of the molecule is Cc1ccccc1C(=O)NC12CC(C1)C2. The molecular weight excluding hydrogens is 186 g/mol. The number of hydrogen-bond acceptors (Lipinski definition) is 1. The molecule has 0 saturated heterocycles. The summed E-state index contributed by atoms with van der Waals surface area (Å²) >= 11 is 0. The minimum Gasteiger partial charge on any atom is -0.347 e. The fourth-order valence-electron chi connectivity index (χ4n) is 2.77. The Kier molecular flexibility index (Phi) is 1.70. The van der Waals surface area contributed by atoms with Crippen LogP contribution >= 0.6 is 0 Å². The van der Waals surface area contributed by atoms with E-state index in [-0.39, 0.29) is 11.4 Å². The molecule has 3 aliphatic carbocycles. The molecule has 1 aromatic carbocycles. The number of aryl methyl sites for hydroxylation is 1. The first-order valence-corrected chi connectivity index (χ1v) is 5.57. The van der Waals surface area contributed by atoms with Gasteiger partial charge in [0.05, 0.1) is 0 Å². The van der Waals surface area contributed by atoms with E-state index in [9.17, 15) is 4.79 Å². The summed E-state index contributed by atoms with van der Waals surface area (Å²) in [7, 11) is 0. The summed E-state index contributed by atoms with van der Waals surface area (Å²) in [6.07, 6.45) is 3.60. The Morgan fingerprint density at radius 2 is 2.00 bits per heavy atom. The van der Waals surface area contributed by atoms with Crippen LogP contribution in [0.2, 0.25) is 0 Å². The van der Waals surface area contributed by atoms with Gasteiger partial charge in [0.2, 0.25) is 0 Å². The van der Waals surface area contributed by atoms with Gasteiger partial charge in [-0.2, -0.15) is 0 Å². The molecule has 0 radical (unpaired) electrons. The zero-order valence-corrected chi connectivity index (χ0v) is 8.92. The Labute approximate surface area is 89.7 Å². The lowest BCUT2D eigenvalue weighted by atomic mass is 9.50. The van der Waals surface area contributed by atoms with Crippen molar-refractivity contribution in [1.29, 1.82) is 0 Å². The van der Waals surface area contributed by atoms with Crippen LogP contribution in [0.4, 0.5) is 0 Å². The lowest BCUT2D eigenvalue weighted by Gasteiger charge is -2.61. The molecule has 1 N–H and O–H groups in total. The van der Waals surface area contributed by atoms with Crippen molar-refractivity contribution in [1.82, 2.24) is 5.32 Å². The second-order valence-electron chi connectivity index (χ2n) is 5.03. The molecule has 3 fully saturated rings. The van der Waals surface area contributed by atoms with E-state index in [2.05, 4.69) is 5.32 Å². The lowest BCUT2D eigenvalue weighted by molar-refractivity contribution is -0.0438. The zero-order chi connectivity index (χ0) is 10.5. The number of amides is 1. The summed E-state index contributed by atoms with van der Waals surface area (Å²) in [5.41, 5.74) is 2.06. The third-order valence-corrected chi connectivity index (χ3v) is 3.81. The summed E-state index contributed by atoms with van der Waals surface area (Å²) in [6.45, 7) is 1.98. The van der Waals surface area contributed by atoms with Crippen molar-refractivity contribution in [2.75, 3.05) is 0 Å². The molecule has 0 aliphatic heterocycles. The number of rotatable bonds is 2. The normalized spacial score (nSPS) is 31.4. The van der Waals surface area contributed by atoms with Crippen LogP contribution < -0.4 is 5.32 Å². The van der Waals surface area contributed by atoms with E-state index < -0.39 is 0 Å². The smallest absolute Gasteiger partial charge is 0.251 e. The van der Waals surface area contributed by atoms with Crippen molar-refractivity contribution in [3.8, 4) is 0 Å². The maximum absolute atomic E-state index is 12.0. The van der Waals surface area contributed by atoms with Gasteiger partial charge in [0.25, 0.3) is 5.91 Å². The quantitative estimate of drug-likeness (QED) is 0.781. The molecule has 3 aliphatic rings. The van der Waals surface area contributed by atoms with Crippen molar-refractivity contribution in [3.63, 3.8) is 0 Å². The molecule has 15 heavy (non-hydrogen) atoms. The first-order chi connectivity index (χ1) is 7.19. The molecule has 4 rings (SSSR count). The third-order valence-electron chi connectivity index (χ3n) is 3.81. The standard InChI is InChI=1S/C13H15NO/c1-9-4-2-3-5-11(9)12(15)14-13-6-10(7-13)8-13/h2-5,10H,6-8H2,1H3,(H,14,15). The average Bonchev–Trinajstić information content (AvgIpc) is 2.10. The van der Waals surface area contributed by atoms with Gasteiger partial charge in [0, 0.05) is 11.1 Å².